The van der Waals surface area contributed by atoms with Crippen molar-refractivity contribution in [1.29, 1.82) is 0 Å². The number of nitrogens with one attached hydrogen (secondary N) is 2. The Labute approximate surface area is 121 Å². The molecule has 0 aliphatic heterocycles. The highest BCUT2D eigenvalue weighted by Gasteiger charge is 2.30. The molecule has 0 unspecified atom stereocenters. The van der Waals surface area contributed by atoms with E-state index in [9.17, 15) is 9.59 Å². The molecule has 1 aromatic rings. The Balaban J connectivity index is 1.85. The second kappa shape index (κ2) is 6.21. The van der Waals surface area contributed by atoms with Crippen molar-refractivity contribution in [2.75, 3.05) is 5.32 Å². The predicted octanol–water partition coefficient (Wildman–Crippen LogP) is 2.39. The van der Waals surface area contributed by atoms with Gasteiger partial charge in [0.1, 0.15) is 0 Å². The van der Waals surface area contributed by atoms with Gasteiger partial charge in [0.15, 0.2) is 5.13 Å². The fourth-order valence-corrected chi connectivity index (χ4v) is 3.36. The quantitative estimate of drug-likeness (QED) is 0.795. The molecule has 2 atom stereocenters. The molecular weight excluding hydrogens is 278 g/mol. The van der Waals surface area contributed by atoms with E-state index in [0.717, 1.165) is 17.0 Å². The van der Waals surface area contributed by atoms with E-state index >= 15 is 0 Å². The lowest BCUT2D eigenvalue weighted by Crippen LogP contribution is -2.36. The van der Waals surface area contributed by atoms with Gasteiger partial charge in [0.2, 0.25) is 0 Å². The Kier molecular flexibility index (Phi) is 4.59. The Morgan fingerprint density at radius 3 is 2.75 bits per heavy atom. The fourth-order valence-electron chi connectivity index (χ4n) is 2.47. The average Bonchev–Trinajstić information content (AvgIpc) is 2.96. The summed E-state index contributed by atoms with van der Waals surface area (Å²) < 4.78 is 0. The molecule has 1 aliphatic rings. The number of carbonyl (C=O) groups excluding carboxylic acids is 1. The number of aliphatic carboxylic acids is 1. The van der Waals surface area contributed by atoms with Gasteiger partial charge in [0.25, 0.3) is 0 Å². The molecule has 110 valence electrons. The molecule has 1 saturated carbocycles. The molecule has 2 rings (SSSR count). The van der Waals surface area contributed by atoms with E-state index in [-0.39, 0.29) is 18.0 Å². The molecule has 6 nitrogen and oxygen atoms in total. The second-order valence-electron chi connectivity index (χ2n) is 5.02. The van der Waals surface area contributed by atoms with E-state index in [2.05, 4.69) is 15.6 Å². The molecule has 0 aromatic carbocycles. The number of anilines is 1. The van der Waals surface area contributed by atoms with Gasteiger partial charge < -0.3 is 10.4 Å². The number of aryl methyl sites for hydroxylation is 2. The zero-order valence-corrected chi connectivity index (χ0v) is 12.4. The van der Waals surface area contributed by atoms with Gasteiger partial charge in [-0.2, -0.15) is 0 Å². The smallest absolute Gasteiger partial charge is 0.321 e. The third-order valence-electron chi connectivity index (χ3n) is 3.57. The number of urea groups is 1. The molecule has 0 bridgehead atoms. The molecule has 1 heterocycles. The van der Waals surface area contributed by atoms with Crippen molar-refractivity contribution in [2.45, 2.75) is 45.6 Å². The zero-order valence-electron chi connectivity index (χ0n) is 11.6. The van der Waals surface area contributed by atoms with Gasteiger partial charge in [-0.3, -0.25) is 10.1 Å². The van der Waals surface area contributed by atoms with Crippen LogP contribution in [0.5, 0.6) is 0 Å². The Morgan fingerprint density at radius 1 is 1.45 bits per heavy atom. The van der Waals surface area contributed by atoms with E-state index in [1.165, 1.54) is 11.3 Å². The number of carbonyl (C=O) groups is 2. The fraction of sp³-hybridized carbons (Fsp3) is 0.615. The van der Waals surface area contributed by atoms with Crippen molar-refractivity contribution in [3.8, 4) is 0 Å². The molecule has 0 radical (unpaired) electrons. The predicted molar refractivity (Wildman–Crippen MR) is 77.1 cm³/mol. The van der Waals surface area contributed by atoms with Gasteiger partial charge in [0.05, 0.1) is 11.6 Å². The van der Waals surface area contributed by atoms with Crippen molar-refractivity contribution in [3.05, 3.63) is 10.6 Å². The van der Waals surface area contributed by atoms with E-state index in [4.69, 9.17) is 5.11 Å². The van der Waals surface area contributed by atoms with Crippen LogP contribution >= 0.6 is 11.3 Å². The van der Waals surface area contributed by atoms with Gasteiger partial charge in [0, 0.05) is 10.9 Å². The summed E-state index contributed by atoms with van der Waals surface area (Å²) in [6.45, 7) is 4.00. The molecule has 20 heavy (non-hydrogen) atoms. The number of rotatable bonds is 4. The monoisotopic (exact) mass is 297 g/mol. The van der Waals surface area contributed by atoms with Crippen LogP contribution in [0, 0.1) is 12.8 Å². The van der Waals surface area contributed by atoms with Crippen molar-refractivity contribution in [3.63, 3.8) is 0 Å². The van der Waals surface area contributed by atoms with Crippen LogP contribution < -0.4 is 10.6 Å². The summed E-state index contributed by atoms with van der Waals surface area (Å²) >= 11 is 1.45. The summed E-state index contributed by atoms with van der Waals surface area (Å²) in [6.07, 6.45) is 2.67. The van der Waals surface area contributed by atoms with Gasteiger partial charge in [-0.1, -0.05) is 6.92 Å². The summed E-state index contributed by atoms with van der Waals surface area (Å²) in [5.74, 6) is -1.12. The van der Waals surface area contributed by atoms with Gasteiger partial charge in [-0.15, -0.1) is 11.3 Å². The lowest BCUT2D eigenvalue weighted by Gasteiger charge is -2.12. The maximum absolute atomic E-state index is 11.9. The molecule has 2 amide bonds. The van der Waals surface area contributed by atoms with Crippen LogP contribution in [0.3, 0.4) is 0 Å². The van der Waals surface area contributed by atoms with Crippen LogP contribution in [0.1, 0.15) is 36.8 Å². The average molecular weight is 297 g/mol. The summed E-state index contributed by atoms with van der Waals surface area (Å²) in [5.41, 5.74) is 0.997. The summed E-state index contributed by atoms with van der Waals surface area (Å²) in [4.78, 5) is 28.2. The summed E-state index contributed by atoms with van der Waals surface area (Å²) in [5, 5.41) is 15.0. The summed E-state index contributed by atoms with van der Waals surface area (Å²) in [6, 6.07) is -0.375. The first-order chi connectivity index (χ1) is 9.49. The highest BCUT2D eigenvalue weighted by Crippen LogP contribution is 2.26. The van der Waals surface area contributed by atoms with Gasteiger partial charge in [-0.25, -0.2) is 9.78 Å². The number of carboxylic acid groups (broad SMARTS) is 1. The lowest BCUT2D eigenvalue weighted by atomic mass is 10.1. The molecule has 3 N–H and O–H groups in total. The number of aromatic nitrogens is 1. The van der Waals surface area contributed by atoms with E-state index in [1.807, 2.05) is 13.8 Å². The number of amides is 2. The standard InChI is InChI=1S/C13H19N3O3S/c1-3-10-7(2)20-13(15-10)16-12(19)14-9-5-4-8(6-9)11(17)18/h8-9H,3-6H2,1-2H3,(H,17,18)(H2,14,15,16,19)/t8-,9+/m1/s1. The van der Waals surface area contributed by atoms with Gasteiger partial charge in [-0.05, 0) is 32.6 Å². The Bertz CT molecular complexity index is 515. The third-order valence-corrected chi connectivity index (χ3v) is 4.49. The SMILES string of the molecule is CCc1nc(NC(=O)N[C@H]2CC[C@@H](C(=O)O)C2)sc1C. The first kappa shape index (κ1) is 14.8. The molecular formula is C13H19N3O3S. The summed E-state index contributed by atoms with van der Waals surface area (Å²) in [7, 11) is 0. The van der Waals surface area contributed by atoms with Crippen LogP contribution in [0.4, 0.5) is 9.93 Å². The number of carboxylic acids is 1. The van der Waals surface area contributed by atoms with Crippen molar-refractivity contribution < 1.29 is 14.7 Å². The number of hydrogen-bond acceptors (Lipinski definition) is 4. The highest BCUT2D eigenvalue weighted by molar-refractivity contribution is 7.15. The van der Waals surface area contributed by atoms with E-state index in [1.54, 1.807) is 0 Å². The maximum atomic E-state index is 11.9. The number of hydrogen-bond donors (Lipinski definition) is 3. The third kappa shape index (κ3) is 3.47. The van der Waals surface area contributed by atoms with Crippen LogP contribution in [0.2, 0.25) is 0 Å². The van der Waals surface area contributed by atoms with Crippen LogP contribution in [0.25, 0.3) is 0 Å². The normalized spacial score (nSPS) is 21.7. The number of thiazole rings is 1. The molecule has 1 fully saturated rings. The Morgan fingerprint density at radius 2 is 2.20 bits per heavy atom. The highest BCUT2D eigenvalue weighted by atomic mass is 32.1. The largest absolute Gasteiger partial charge is 0.481 e. The van der Waals surface area contributed by atoms with Crippen molar-refractivity contribution in [1.82, 2.24) is 10.3 Å². The second-order valence-corrected chi connectivity index (χ2v) is 6.22. The minimum atomic E-state index is -0.780. The van der Waals surface area contributed by atoms with Crippen LogP contribution in [-0.2, 0) is 11.2 Å². The minimum Gasteiger partial charge on any atom is -0.481 e. The van der Waals surface area contributed by atoms with E-state index in [0.29, 0.717) is 24.4 Å². The Hall–Kier alpha value is -1.63. The first-order valence-corrected chi connectivity index (χ1v) is 7.57. The first-order valence-electron chi connectivity index (χ1n) is 6.76. The maximum Gasteiger partial charge on any atom is 0.321 e. The van der Waals surface area contributed by atoms with E-state index < -0.39 is 5.97 Å². The molecule has 0 spiro atoms. The molecule has 1 aliphatic carbocycles. The van der Waals surface area contributed by atoms with Crippen molar-refractivity contribution in [2.24, 2.45) is 5.92 Å². The molecule has 1 aromatic heterocycles. The van der Waals surface area contributed by atoms with Crippen LogP contribution in [-0.4, -0.2) is 28.1 Å². The van der Waals surface area contributed by atoms with Crippen molar-refractivity contribution >= 4 is 28.5 Å². The van der Waals surface area contributed by atoms with Crippen LogP contribution in [0.15, 0.2) is 0 Å². The van der Waals surface area contributed by atoms with Gasteiger partial charge >= 0.3 is 12.0 Å². The minimum absolute atomic E-state index is 0.0668. The molecule has 7 heteroatoms. The molecule has 0 saturated heterocycles. The topological polar surface area (TPSA) is 91.3 Å². The number of nitrogens with zero attached hydrogens (tertiary/aromatic N) is 1. The lowest BCUT2D eigenvalue weighted by molar-refractivity contribution is -0.141. The zero-order chi connectivity index (χ0) is 14.7.